The smallest absolute Gasteiger partial charge is 0.226 e. The van der Waals surface area contributed by atoms with E-state index in [0.717, 1.165) is 5.56 Å². The van der Waals surface area contributed by atoms with E-state index in [4.69, 9.17) is 0 Å². The first-order chi connectivity index (χ1) is 10.4. The number of carbonyl (C=O) groups excluding carboxylic acids is 3. The summed E-state index contributed by atoms with van der Waals surface area (Å²) in [6.07, 6.45) is 2.11. The molecule has 0 unspecified atom stereocenters. The van der Waals surface area contributed by atoms with E-state index in [9.17, 15) is 14.4 Å². The van der Waals surface area contributed by atoms with Gasteiger partial charge in [0.2, 0.25) is 17.7 Å². The van der Waals surface area contributed by atoms with Gasteiger partial charge in [0.05, 0.1) is 6.04 Å². The number of anilines is 1. The number of hydrogen-bond donors (Lipinski definition) is 2. The summed E-state index contributed by atoms with van der Waals surface area (Å²) in [5.74, 6) is 0.0234. The van der Waals surface area contributed by atoms with Crippen LogP contribution in [0, 0.1) is 6.92 Å². The number of amides is 3. The first-order valence-corrected chi connectivity index (χ1v) is 7.20. The highest BCUT2D eigenvalue weighted by molar-refractivity contribution is 5.92. The first-order valence-electron chi connectivity index (χ1n) is 7.20. The molecule has 0 bridgehead atoms. The van der Waals surface area contributed by atoms with Gasteiger partial charge in [-0.25, -0.2) is 4.98 Å². The van der Waals surface area contributed by atoms with Crippen molar-refractivity contribution < 1.29 is 14.4 Å². The molecule has 0 saturated carbocycles. The number of carbonyl (C=O) groups is 3. The molecule has 7 heteroatoms. The molecule has 0 aliphatic carbocycles. The van der Waals surface area contributed by atoms with Crippen LogP contribution in [0.15, 0.2) is 18.3 Å². The van der Waals surface area contributed by atoms with Crippen LogP contribution in [0.25, 0.3) is 0 Å². The molecule has 1 aromatic heterocycles. The lowest BCUT2D eigenvalue weighted by atomic mass is 10.2. The molecule has 118 valence electrons. The predicted molar refractivity (Wildman–Crippen MR) is 81.0 cm³/mol. The Hall–Kier alpha value is -2.44. The molecule has 22 heavy (non-hydrogen) atoms. The highest BCUT2D eigenvalue weighted by Gasteiger charge is 2.27. The maximum atomic E-state index is 11.8. The zero-order chi connectivity index (χ0) is 16.1. The predicted octanol–water partition coefficient (Wildman–Crippen LogP) is 0.456. The van der Waals surface area contributed by atoms with E-state index in [2.05, 4.69) is 15.6 Å². The topological polar surface area (TPSA) is 91.4 Å². The molecular formula is C15H20N4O3. The average molecular weight is 304 g/mol. The fourth-order valence-electron chi connectivity index (χ4n) is 2.30. The molecule has 0 radical (unpaired) electrons. The van der Waals surface area contributed by atoms with Crippen LogP contribution in [0.2, 0.25) is 0 Å². The minimum Gasteiger partial charge on any atom is -0.351 e. The molecule has 1 aromatic rings. The lowest BCUT2D eigenvalue weighted by Gasteiger charge is -2.12. The monoisotopic (exact) mass is 304 g/mol. The number of nitrogens with zero attached hydrogens (tertiary/aromatic N) is 2. The van der Waals surface area contributed by atoms with Crippen molar-refractivity contribution in [2.45, 2.75) is 32.2 Å². The summed E-state index contributed by atoms with van der Waals surface area (Å²) in [7, 11) is 1.71. The molecule has 0 aromatic carbocycles. The van der Waals surface area contributed by atoms with Crippen molar-refractivity contribution in [1.29, 1.82) is 0 Å². The molecular weight excluding hydrogens is 284 g/mol. The molecule has 0 spiro atoms. The Morgan fingerprint density at radius 1 is 1.36 bits per heavy atom. The zero-order valence-electron chi connectivity index (χ0n) is 12.8. The second kappa shape index (κ2) is 7.02. The molecule has 1 saturated heterocycles. The Morgan fingerprint density at radius 2 is 2.09 bits per heavy atom. The second-order valence-corrected chi connectivity index (χ2v) is 5.51. The third-order valence-corrected chi connectivity index (χ3v) is 3.47. The van der Waals surface area contributed by atoms with E-state index >= 15 is 0 Å². The van der Waals surface area contributed by atoms with Gasteiger partial charge >= 0.3 is 0 Å². The maximum Gasteiger partial charge on any atom is 0.226 e. The molecule has 3 amide bonds. The van der Waals surface area contributed by atoms with Gasteiger partial charge in [-0.05, 0) is 24.6 Å². The van der Waals surface area contributed by atoms with Gasteiger partial charge in [0.1, 0.15) is 5.82 Å². The van der Waals surface area contributed by atoms with Crippen molar-refractivity contribution in [3.05, 3.63) is 23.9 Å². The van der Waals surface area contributed by atoms with Crippen LogP contribution in [0.5, 0.6) is 0 Å². The van der Waals surface area contributed by atoms with Crippen LogP contribution >= 0.6 is 0 Å². The van der Waals surface area contributed by atoms with Gasteiger partial charge in [0, 0.05) is 39.1 Å². The van der Waals surface area contributed by atoms with Crippen molar-refractivity contribution in [2.75, 3.05) is 18.9 Å². The van der Waals surface area contributed by atoms with Gasteiger partial charge in [-0.1, -0.05) is 0 Å². The minimum absolute atomic E-state index is 0.0218. The summed E-state index contributed by atoms with van der Waals surface area (Å²) in [4.78, 5) is 40.5. The molecule has 1 aliphatic rings. The van der Waals surface area contributed by atoms with Crippen LogP contribution in [0.1, 0.15) is 24.8 Å². The summed E-state index contributed by atoms with van der Waals surface area (Å²) < 4.78 is 0. The summed E-state index contributed by atoms with van der Waals surface area (Å²) in [6.45, 7) is 2.43. The number of likely N-dealkylation sites (N-methyl/N-ethyl adjacent to an activating group) is 1. The zero-order valence-corrected chi connectivity index (χ0v) is 12.8. The van der Waals surface area contributed by atoms with Crippen LogP contribution < -0.4 is 10.6 Å². The van der Waals surface area contributed by atoms with Gasteiger partial charge in [-0.3, -0.25) is 14.4 Å². The van der Waals surface area contributed by atoms with Crippen LogP contribution in [0.4, 0.5) is 5.82 Å². The van der Waals surface area contributed by atoms with E-state index in [-0.39, 0.29) is 36.6 Å². The highest BCUT2D eigenvalue weighted by atomic mass is 16.2. The van der Waals surface area contributed by atoms with Crippen molar-refractivity contribution in [2.24, 2.45) is 0 Å². The third-order valence-electron chi connectivity index (χ3n) is 3.47. The summed E-state index contributed by atoms with van der Waals surface area (Å²) >= 11 is 0. The van der Waals surface area contributed by atoms with E-state index in [1.165, 1.54) is 0 Å². The van der Waals surface area contributed by atoms with E-state index in [1.807, 2.05) is 13.0 Å². The first kappa shape index (κ1) is 15.9. The Kier molecular flexibility index (Phi) is 5.08. The minimum atomic E-state index is -0.257. The van der Waals surface area contributed by atoms with Gasteiger partial charge in [0.25, 0.3) is 0 Å². The molecule has 7 nitrogen and oxygen atoms in total. The number of nitrogens with one attached hydrogen (secondary N) is 2. The Morgan fingerprint density at radius 3 is 2.73 bits per heavy atom. The molecule has 2 N–H and O–H groups in total. The van der Waals surface area contributed by atoms with Crippen molar-refractivity contribution in [3.63, 3.8) is 0 Å². The maximum absolute atomic E-state index is 11.8. The number of pyridine rings is 1. The Labute approximate surface area is 129 Å². The summed E-state index contributed by atoms with van der Waals surface area (Å²) in [6, 6.07) is 3.44. The molecule has 1 fully saturated rings. The number of aryl methyl sites for hydroxylation is 1. The summed E-state index contributed by atoms with van der Waals surface area (Å²) in [5.41, 5.74) is 0.998. The van der Waals surface area contributed by atoms with Crippen molar-refractivity contribution in [3.8, 4) is 0 Å². The lowest BCUT2D eigenvalue weighted by molar-refractivity contribution is -0.126. The van der Waals surface area contributed by atoms with Gasteiger partial charge in [-0.2, -0.15) is 0 Å². The van der Waals surface area contributed by atoms with Crippen LogP contribution in [-0.4, -0.2) is 47.2 Å². The fourth-order valence-corrected chi connectivity index (χ4v) is 2.30. The van der Waals surface area contributed by atoms with E-state index in [1.54, 1.807) is 24.2 Å². The number of hydrogen-bond acceptors (Lipinski definition) is 4. The number of rotatable bonds is 5. The number of likely N-dealkylation sites (tertiary alicyclic amines) is 1. The highest BCUT2D eigenvalue weighted by Crippen LogP contribution is 2.09. The van der Waals surface area contributed by atoms with Crippen molar-refractivity contribution in [1.82, 2.24) is 15.2 Å². The molecule has 1 aliphatic heterocycles. The van der Waals surface area contributed by atoms with E-state index < -0.39 is 0 Å². The van der Waals surface area contributed by atoms with E-state index in [0.29, 0.717) is 18.8 Å². The quantitative estimate of drug-likeness (QED) is 0.826. The molecule has 1 atom stereocenters. The largest absolute Gasteiger partial charge is 0.351 e. The fraction of sp³-hybridized carbons (Fsp3) is 0.467. The van der Waals surface area contributed by atoms with Crippen LogP contribution in [0.3, 0.4) is 0 Å². The average Bonchev–Trinajstić information content (AvgIpc) is 2.75. The lowest BCUT2D eigenvalue weighted by Crippen LogP contribution is -2.36. The third kappa shape index (κ3) is 4.54. The van der Waals surface area contributed by atoms with Gasteiger partial charge in [-0.15, -0.1) is 0 Å². The van der Waals surface area contributed by atoms with Crippen molar-refractivity contribution >= 4 is 23.5 Å². The Bertz CT molecular complexity index is 588. The molecule has 2 rings (SSSR count). The molecule has 2 heterocycles. The van der Waals surface area contributed by atoms with Gasteiger partial charge in [0.15, 0.2) is 0 Å². The van der Waals surface area contributed by atoms with Gasteiger partial charge < -0.3 is 15.5 Å². The van der Waals surface area contributed by atoms with Crippen LogP contribution in [-0.2, 0) is 14.4 Å². The normalized spacial score (nSPS) is 17.5. The standard InChI is InChI=1S/C15H20N4O3/c1-10-5-6-16-12(7-10)18-14(21)4-3-13(20)17-11-8-15(22)19(2)9-11/h5-7,11H,3-4,8-9H2,1-2H3,(H,17,20)(H,16,18,21)/t11-/m0/s1. The summed E-state index contributed by atoms with van der Waals surface area (Å²) in [5, 5.41) is 5.42. The second-order valence-electron chi connectivity index (χ2n) is 5.51. The SMILES string of the molecule is Cc1ccnc(NC(=O)CCC(=O)N[C@H]2CC(=O)N(C)C2)c1. The Balaban J connectivity index is 1.72. The number of aromatic nitrogens is 1.